The lowest BCUT2D eigenvalue weighted by Gasteiger charge is -2.26. The highest BCUT2D eigenvalue weighted by atomic mass is 35.5. The van der Waals surface area contributed by atoms with Crippen LogP contribution in [0.3, 0.4) is 0 Å². The summed E-state index contributed by atoms with van der Waals surface area (Å²) in [4.78, 5) is 14.0. The van der Waals surface area contributed by atoms with Crippen molar-refractivity contribution in [1.29, 1.82) is 0 Å². The van der Waals surface area contributed by atoms with E-state index in [0.717, 1.165) is 6.07 Å². The normalized spacial score (nSPS) is 11.3. The number of anilines is 3. The molecule has 2 aromatic rings. The number of nitrogens with zero attached hydrogens (tertiary/aromatic N) is 1. The first kappa shape index (κ1) is 19.9. The number of hydrogen-bond acceptors (Lipinski definition) is 3. The fourth-order valence-electron chi connectivity index (χ4n) is 2.59. The molecule has 0 spiro atoms. The van der Waals surface area contributed by atoms with E-state index in [0.29, 0.717) is 13.1 Å². The van der Waals surface area contributed by atoms with Crippen molar-refractivity contribution in [3.63, 3.8) is 0 Å². The van der Waals surface area contributed by atoms with Crippen LogP contribution in [0.5, 0.6) is 0 Å². The van der Waals surface area contributed by atoms with Gasteiger partial charge in [0.05, 0.1) is 27.6 Å². The summed E-state index contributed by atoms with van der Waals surface area (Å²) in [7, 11) is 0. The first-order valence-corrected chi connectivity index (χ1v) is 8.39. The topological polar surface area (TPSA) is 58.4 Å². The zero-order valence-corrected chi connectivity index (χ0v) is 15.1. The largest absolute Gasteiger partial charge is 0.418 e. The predicted molar refractivity (Wildman–Crippen MR) is 98.8 cm³/mol. The minimum Gasteiger partial charge on any atom is -0.397 e. The molecule has 0 saturated heterocycles. The van der Waals surface area contributed by atoms with Gasteiger partial charge in [0.15, 0.2) is 0 Å². The van der Waals surface area contributed by atoms with Gasteiger partial charge in [0.25, 0.3) is 5.91 Å². The summed E-state index contributed by atoms with van der Waals surface area (Å²) in [6.45, 7) is 4.49. The second-order valence-electron chi connectivity index (χ2n) is 5.54. The number of carbonyl (C=O) groups is 1. The maximum Gasteiger partial charge on any atom is 0.418 e. The number of rotatable bonds is 5. The predicted octanol–water partition coefficient (Wildman–Crippen LogP) is 5.04. The monoisotopic (exact) mass is 385 g/mol. The summed E-state index contributed by atoms with van der Waals surface area (Å²) in [6.07, 6.45) is -4.68. The Morgan fingerprint density at radius 1 is 1.19 bits per heavy atom. The third kappa shape index (κ3) is 4.04. The zero-order valence-electron chi connectivity index (χ0n) is 14.3. The van der Waals surface area contributed by atoms with Gasteiger partial charge in [-0.3, -0.25) is 4.79 Å². The van der Waals surface area contributed by atoms with E-state index < -0.39 is 23.3 Å². The van der Waals surface area contributed by atoms with Gasteiger partial charge in [-0.05, 0) is 32.0 Å². The maximum atomic E-state index is 13.4. The van der Waals surface area contributed by atoms with E-state index in [1.807, 2.05) is 0 Å². The Morgan fingerprint density at radius 3 is 2.27 bits per heavy atom. The van der Waals surface area contributed by atoms with Gasteiger partial charge in [0.2, 0.25) is 0 Å². The van der Waals surface area contributed by atoms with E-state index >= 15 is 0 Å². The van der Waals surface area contributed by atoms with E-state index in [1.54, 1.807) is 49.1 Å². The standard InChI is InChI=1S/C18H19ClF3N3O/c1-3-25(4-2)13-10-12(18(20,21)22)15(23)16(14(13)19)24-17(26)11-8-6-5-7-9-11/h5-10H,3-4,23H2,1-2H3,(H,24,26). The second-order valence-corrected chi connectivity index (χ2v) is 5.91. The van der Waals surface area contributed by atoms with Crippen molar-refractivity contribution in [2.45, 2.75) is 20.0 Å². The van der Waals surface area contributed by atoms with Crippen molar-refractivity contribution in [3.05, 3.63) is 52.5 Å². The lowest BCUT2D eigenvalue weighted by Crippen LogP contribution is -2.24. The van der Waals surface area contributed by atoms with Crippen molar-refractivity contribution in [3.8, 4) is 0 Å². The molecule has 0 fully saturated rings. The summed E-state index contributed by atoms with van der Waals surface area (Å²) < 4.78 is 40.3. The smallest absolute Gasteiger partial charge is 0.397 e. The quantitative estimate of drug-likeness (QED) is 0.709. The molecule has 26 heavy (non-hydrogen) atoms. The lowest BCUT2D eigenvalue weighted by atomic mass is 10.1. The van der Waals surface area contributed by atoms with Crippen molar-refractivity contribution < 1.29 is 18.0 Å². The Hall–Kier alpha value is -2.41. The molecule has 8 heteroatoms. The number of nitrogen functional groups attached to an aromatic ring is 1. The molecule has 0 unspecified atom stereocenters. The molecule has 1 amide bonds. The molecule has 2 aromatic carbocycles. The molecule has 140 valence electrons. The van der Waals surface area contributed by atoms with Crippen molar-refractivity contribution >= 4 is 34.6 Å². The SMILES string of the molecule is CCN(CC)c1cc(C(F)(F)F)c(N)c(NC(=O)c2ccccc2)c1Cl. The molecule has 4 nitrogen and oxygen atoms in total. The van der Waals surface area contributed by atoms with Gasteiger partial charge in [-0.15, -0.1) is 0 Å². The first-order chi connectivity index (χ1) is 12.2. The van der Waals surface area contributed by atoms with E-state index in [1.165, 1.54) is 0 Å². The zero-order chi connectivity index (χ0) is 19.5. The maximum absolute atomic E-state index is 13.4. The Labute approximate surface area is 154 Å². The van der Waals surface area contributed by atoms with E-state index in [-0.39, 0.29) is 22.0 Å². The molecule has 0 aliphatic carbocycles. The second kappa shape index (κ2) is 7.86. The van der Waals surface area contributed by atoms with Gasteiger partial charge in [-0.25, -0.2) is 0 Å². The molecule has 2 rings (SSSR count). The summed E-state index contributed by atoms with van der Waals surface area (Å²) >= 11 is 6.32. The third-order valence-corrected chi connectivity index (χ3v) is 4.35. The number of alkyl halides is 3. The number of halogens is 4. The Bertz CT molecular complexity index is 791. The summed E-state index contributed by atoms with van der Waals surface area (Å²) in [5.74, 6) is -0.593. The van der Waals surface area contributed by atoms with Gasteiger partial charge < -0.3 is 16.0 Å². The summed E-state index contributed by atoms with van der Waals surface area (Å²) in [6, 6.07) is 9.01. The van der Waals surface area contributed by atoms with Crippen molar-refractivity contribution in [1.82, 2.24) is 0 Å². The molecule has 0 aliphatic heterocycles. The van der Waals surface area contributed by atoms with Crippen LogP contribution in [0.25, 0.3) is 0 Å². The van der Waals surface area contributed by atoms with Crippen molar-refractivity contribution in [2.24, 2.45) is 0 Å². The highest BCUT2D eigenvalue weighted by Crippen LogP contribution is 2.45. The minimum atomic E-state index is -4.68. The molecule has 0 atom stereocenters. The van der Waals surface area contributed by atoms with Crippen LogP contribution in [0.2, 0.25) is 5.02 Å². The van der Waals surface area contributed by atoms with Gasteiger partial charge in [0, 0.05) is 18.7 Å². The molecule has 0 heterocycles. The average Bonchev–Trinajstić information content (AvgIpc) is 2.60. The highest BCUT2D eigenvalue weighted by molar-refractivity contribution is 6.37. The fourth-order valence-corrected chi connectivity index (χ4v) is 2.91. The Balaban J connectivity index is 2.59. The first-order valence-electron chi connectivity index (χ1n) is 8.01. The van der Waals surface area contributed by atoms with Gasteiger partial charge in [0.1, 0.15) is 0 Å². The highest BCUT2D eigenvalue weighted by Gasteiger charge is 2.36. The van der Waals surface area contributed by atoms with Crippen LogP contribution < -0.4 is 16.0 Å². The van der Waals surface area contributed by atoms with E-state index in [9.17, 15) is 18.0 Å². The number of benzene rings is 2. The van der Waals surface area contributed by atoms with Gasteiger partial charge in [-0.2, -0.15) is 13.2 Å². The Morgan fingerprint density at radius 2 is 1.77 bits per heavy atom. The number of nitrogens with two attached hydrogens (primary N) is 1. The number of amides is 1. The average molecular weight is 386 g/mol. The van der Waals surface area contributed by atoms with Crippen LogP contribution in [0.15, 0.2) is 36.4 Å². The van der Waals surface area contributed by atoms with Crippen LogP contribution in [0, 0.1) is 0 Å². The molecule has 0 radical (unpaired) electrons. The molecule has 0 bridgehead atoms. The summed E-state index contributed by atoms with van der Waals surface area (Å²) in [5, 5.41) is 2.40. The van der Waals surface area contributed by atoms with E-state index in [4.69, 9.17) is 17.3 Å². The van der Waals surface area contributed by atoms with Crippen LogP contribution in [-0.4, -0.2) is 19.0 Å². The molecule has 0 aliphatic rings. The number of carbonyl (C=O) groups excluding carboxylic acids is 1. The molecule has 0 aromatic heterocycles. The number of hydrogen-bond donors (Lipinski definition) is 2. The van der Waals surface area contributed by atoms with Crippen LogP contribution in [-0.2, 0) is 6.18 Å². The minimum absolute atomic E-state index is 0.0246. The third-order valence-electron chi connectivity index (χ3n) is 3.97. The Kier molecular flexibility index (Phi) is 6.02. The molecule has 3 N–H and O–H groups in total. The van der Waals surface area contributed by atoms with Crippen molar-refractivity contribution in [2.75, 3.05) is 29.0 Å². The van der Waals surface area contributed by atoms with Crippen LogP contribution in [0.4, 0.5) is 30.2 Å². The van der Waals surface area contributed by atoms with Gasteiger partial charge in [-0.1, -0.05) is 29.8 Å². The molecular weight excluding hydrogens is 367 g/mol. The fraction of sp³-hybridized carbons (Fsp3) is 0.278. The van der Waals surface area contributed by atoms with Gasteiger partial charge >= 0.3 is 6.18 Å². The van der Waals surface area contributed by atoms with Crippen LogP contribution in [0.1, 0.15) is 29.8 Å². The van der Waals surface area contributed by atoms with Crippen LogP contribution >= 0.6 is 11.6 Å². The summed E-state index contributed by atoms with van der Waals surface area (Å²) in [5.41, 5.74) is 4.28. The molecule has 0 saturated carbocycles. The molecular formula is C18H19ClF3N3O. The lowest BCUT2D eigenvalue weighted by molar-refractivity contribution is -0.136. The van der Waals surface area contributed by atoms with E-state index in [2.05, 4.69) is 5.32 Å². The number of nitrogens with one attached hydrogen (secondary N) is 1.